The number of hydrogen-bond donors (Lipinski definition) is 2. The molecule has 3 N–H and O–H groups in total. The molecule has 0 spiro atoms. The molecule has 1 amide bonds. The molecule has 0 unspecified atom stereocenters. The van der Waals surface area contributed by atoms with Crippen LogP contribution in [0.1, 0.15) is 42.6 Å². The Labute approximate surface area is 169 Å². The lowest BCUT2D eigenvalue weighted by molar-refractivity contribution is 0.0995. The van der Waals surface area contributed by atoms with Crippen LogP contribution in [0.3, 0.4) is 0 Å². The van der Waals surface area contributed by atoms with E-state index in [1.807, 2.05) is 20.8 Å². The van der Waals surface area contributed by atoms with E-state index >= 15 is 0 Å². The van der Waals surface area contributed by atoms with Crippen LogP contribution in [0.5, 0.6) is 0 Å². The van der Waals surface area contributed by atoms with Crippen molar-refractivity contribution in [2.75, 3.05) is 4.72 Å². The van der Waals surface area contributed by atoms with Crippen LogP contribution in [0.4, 0.5) is 5.69 Å². The molecule has 0 bridgehead atoms. The van der Waals surface area contributed by atoms with E-state index in [2.05, 4.69) is 14.9 Å². The average Bonchev–Trinajstić information content (AvgIpc) is 3.20. The predicted molar refractivity (Wildman–Crippen MR) is 110 cm³/mol. The van der Waals surface area contributed by atoms with Crippen LogP contribution in [0, 0.1) is 13.8 Å². The smallest absolute Gasteiger partial charge is 0.269 e. The molecule has 0 aliphatic heterocycles. The molecule has 10 heteroatoms. The molecule has 9 nitrogen and oxygen atoms in total. The predicted octanol–water partition coefficient (Wildman–Crippen LogP) is 2.34. The Hall–Kier alpha value is -3.14. The van der Waals surface area contributed by atoms with Crippen LogP contribution in [0.15, 0.2) is 41.4 Å². The molecule has 0 atom stereocenters. The van der Waals surface area contributed by atoms with Gasteiger partial charge in [-0.1, -0.05) is 0 Å². The number of amides is 1. The number of nitrogens with two attached hydrogens (primary N) is 1. The Morgan fingerprint density at radius 2 is 1.69 bits per heavy atom. The number of benzene rings is 1. The number of sulfonamides is 1. The zero-order valence-corrected chi connectivity index (χ0v) is 17.8. The van der Waals surface area contributed by atoms with E-state index in [4.69, 9.17) is 5.73 Å². The fourth-order valence-corrected chi connectivity index (χ4v) is 4.61. The number of anilines is 1. The van der Waals surface area contributed by atoms with E-state index in [0.29, 0.717) is 22.8 Å². The quantitative estimate of drug-likeness (QED) is 0.660. The molecule has 1 aromatic carbocycles. The summed E-state index contributed by atoms with van der Waals surface area (Å²) in [6, 6.07) is 8.13. The molecule has 2 aromatic heterocycles. The number of rotatable bonds is 5. The first-order valence-electron chi connectivity index (χ1n) is 8.95. The molecule has 0 aliphatic carbocycles. The summed E-state index contributed by atoms with van der Waals surface area (Å²) in [5.41, 5.74) is 7.10. The van der Waals surface area contributed by atoms with Gasteiger partial charge in [-0.2, -0.15) is 10.2 Å². The topological polar surface area (TPSA) is 125 Å². The van der Waals surface area contributed by atoms with Gasteiger partial charge in [0.2, 0.25) is 0 Å². The third kappa shape index (κ3) is 4.02. The fourth-order valence-electron chi connectivity index (χ4n) is 3.16. The van der Waals surface area contributed by atoms with Crippen molar-refractivity contribution in [3.8, 4) is 5.69 Å². The van der Waals surface area contributed by atoms with Gasteiger partial charge in [0.1, 0.15) is 10.6 Å². The number of nitrogens with zero attached hydrogens (tertiary/aromatic N) is 4. The van der Waals surface area contributed by atoms with Crippen molar-refractivity contribution in [1.82, 2.24) is 19.6 Å². The SMILES string of the molecule is Cc1nn(C(C)(C)C)c(C)c1S(=O)(=O)Nc1ccc(-n2ccc(C(N)=O)n2)cc1. The highest BCUT2D eigenvalue weighted by atomic mass is 32.2. The first-order chi connectivity index (χ1) is 13.4. The van der Waals surface area contributed by atoms with Gasteiger partial charge in [-0.05, 0) is 65.0 Å². The third-order valence-corrected chi connectivity index (χ3v) is 5.99. The molecule has 0 radical (unpaired) electrons. The number of carbonyl (C=O) groups is 1. The summed E-state index contributed by atoms with van der Waals surface area (Å²) in [4.78, 5) is 11.3. The number of aryl methyl sites for hydroxylation is 1. The molecule has 29 heavy (non-hydrogen) atoms. The van der Waals surface area contributed by atoms with Gasteiger partial charge in [0, 0.05) is 11.9 Å². The van der Waals surface area contributed by atoms with Crippen LogP contribution >= 0.6 is 0 Å². The number of hydrogen-bond acceptors (Lipinski definition) is 5. The lowest BCUT2D eigenvalue weighted by Crippen LogP contribution is -2.25. The standard InChI is InChI=1S/C19H24N6O3S/c1-12-17(13(2)25(21-12)19(3,4)5)29(27,28)23-14-6-8-15(9-7-14)24-11-10-16(22-24)18(20)26/h6-11,23H,1-5H3,(H2,20,26). The second-order valence-electron chi connectivity index (χ2n) is 7.74. The molecular formula is C19H24N6O3S. The molecule has 0 aliphatic rings. The Kier molecular flexibility index (Phi) is 4.99. The number of aromatic nitrogens is 4. The van der Waals surface area contributed by atoms with E-state index in [9.17, 15) is 13.2 Å². The largest absolute Gasteiger partial charge is 0.364 e. The molecule has 154 valence electrons. The van der Waals surface area contributed by atoms with Crippen LogP contribution in [-0.2, 0) is 15.6 Å². The summed E-state index contributed by atoms with van der Waals surface area (Å²) < 4.78 is 31.8. The van der Waals surface area contributed by atoms with E-state index in [0.717, 1.165) is 0 Å². The second kappa shape index (κ2) is 7.03. The molecule has 3 rings (SSSR count). The Morgan fingerprint density at radius 3 is 2.17 bits per heavy atom. The molecule has 2 heterocycles. The molecular weight excluding hydrogens is 392 g/mol. The first kappa shape index (κ1) is 20.6. The summed E-state index contributed by atoms with van der Waals surface area (Å²) in [6.45, 7) is 9.33. The molecule has 0 saturated carbocycles. The summed E-state index contributed by atoms with van der Waals surface area (Å²) in [7, 11) is -3.82. The maximum Gasteiger partial charge on any atom is 0.269 e. The lowest BCUT2D eigenvalue weighted by Gasteiger charge is -2.21. The van der Waals surface area contributed by atoms with Crippen molar-refractivity contribution in [2.45, 2.75) is 45.1 Å². The summed E-state index contributed by atoms with van der Waals surface area (Å²) in [5.74, 6) is -0.616. The number of nitrogens with one attached hydrogen (secondary N) is 1. The van der Waals surface area contributed by atoms with Crippen LogP contribution in [-0.4, -0.2) is 33.9 Å². The van der Waals surface area contributed by atoms with E-state index in [1.54, 1.807) is 49.0 Å². The highest BCUT2D eigenvalue weighted by Gasteiger charge is 2.28. The molecule has 3 aromatic rings. The van der Waals surface area contributed by atoms with Crippen molar-refractivity contribution in [2.24, 2.45) is 5.73 Å². The Bertz CT molecular complexity index is 1170. The fraction of sp³-hybridized carbons (Fsp3) is 0.316. The minimum absolute atomic E-state index is 0.150. The minimum Gasteiger partial charge on any atom is -0.364 e. The van der Waals surface area contributed by atoms with Gasteiger partial charge in [-0.3, -0.25) is 14.2 Å². The lowest BCUT2D eigenvalue weighted by atomic mass is 10.1. The van der Waals surface area contributed by atoms with Gasteiger partial charge in [-0.15, -0.1) is 0 Å². The van der Waals surface area contributed by atoms with Crippen LogP contribution in [0.25, 0.3) is 5.69 Å². The van der Waals surface area contributed by atoms with Gasteiger partial charge >= 0.3 is 0 Å². The van der Waals surface area contributed by atoms with Gasteiger partial charge in [0.15, 0.2) is 0 Å². The van der Waals surface area contributed by atoms with E-state index in [1.165, 1.54) is 10.7 Å². The van der Waals surface area contributed by atoms with Crippen molar-refractivity contribution in [1.29, 1.82) is 0 Å². The maximum atomic E-state index is 13.0. The Morgan fingerprint density at radius 1 is 1.07 bits per heavy atom. The van der Waals surface area contributed by atoms with Crippen molar-refractivity contribution >= 4 is 21.6 Å². The van der Waals surface area contributed by atoms with Gasteiger partial charge in [-0.25, -0.2) is 13.1 Å². The summed E-state index contributed by atoms with van der Waals surface area (Å²) in [6.07, 6.45) is 1.60. The van der Waals surface area contributed by atoms with Gasteiger partial charge in [0.25, 0.3) is 15.9 Å². The first-order valence-corrected chi connectivity index (χ1v) is 10.4. The van der Waals surface area contributed by atoms with Crippen LogP contribution < -0.4 is 10.5 Å². The number of carbonyl (C=O) groups excluding carboxylic acids is 1. The highest BCUT2D eigenvalue weighted by Crippen LogP contribution is 2.27. The van der Waals surface area contributed by atoms with Gasteiger partial charge in [0.05, 0.1) is 22.6 Å². The monoisotopic (exact) mass is 416 g/mol. The average molecular weight is 417 g/mol. The molecule has 0 saturated heterocycles. The van der Waals surface area contributed by atoms with Crippen molar-refractivity contribution < 1.29 is 13.2 Å². The number of primary amides is 1. The Balaban J connectivity index is 1.88. The third-order valence-electron chi connectivity index (χ3n) is 4.35. The van der Waals surface area contributed by atoms with Crippen molar-refractivity contribution in [3.05, 3.63) is 53.6 Å². The summed E-state index contributed by atoms with van der Waals surface area (Å²) in [5, 5.41) is 8.48. The normalized spacial score (nSPS) is 12.2. The maximum absolute atomic E-state index is 13.0. The minimum atomic E-state index is -3.82. The van der Waals surface area contributed by atoms with E-state index in [-0.39, 0.29) is 16.1 Å². The van der Waals surface area contributed by atoms with Crippen molar-refractivity contribution in [3.63, 3.8) is 0 Å². The zero-order chi connectivity index (χ0) is 21.6. The summed E-state index contributed by atoms with van der Waals surface area (Å²) >= 11 is 0. The highest BCUT2D eigenvalue weighted by molar-refractivity contribution is 7.92. The molecule has 0 fully saturated rings. The zero-order valence-electron chi connectivity index (χ0n) is 17.0. The second-order valence-corrected chi connectivity index (χ2v) is 9.36. The van der Waals surface area contributed by atoms with Gasteiger partial charge < -0.3 is 5.73 Å². The van der Waals surface area contributed by atoms with E-state index < -0.39 is 15.9 Å². The van der Waals surface area contributed by atoms with Crippen LogP contribution in [0.2, 0.25) is 0 Å².